The molecule has 0 bridgehead atoms. The average Bonchev–Trinajstić information content (AvgIpc) is 3.04. The van der Waals surface area contributed by atoms with Crippen LogP contribution >= 0.6 is 0 Å². The molecule has 1 aliphatic carbocycles. The van der Waals surface area contributed by atoms with E-state index in [4.69, 9.17) is 0 Å². The van der Waals surface area contributed by atoms with Gasteiger partial charge in [0.15, 0.2) is 11.6 Å². The molecule has 2 aliphatic heterocycles. The zero-order valence-corrected chi connectivity index (χ0v) is 17.2. The minimum atomic E-state index is -0.785. The molecule has 1 unspecified atom stereocenters. The fourth-order valence-electron chi connectivity index (χ4n) is 5.42. The second-order valence-corrected chi connectivity index (χ2v) is 9.03. The standard InChI is InChI=1S/C23H33F2N3O/c24-20-9-8-17(15-21(20)25)16-28-13-11-27(12-14-28)10-4-3-6-19-18-5-1-2-7-22(18)26-23(19)29/h8-9,15,18-19,22H,1-7,10-14,16H2,(H,26,29)/t18-,19?,22+/m0/s1. The van der Waals surface area contributed by atoms with Crippen LogP contribution in [0.2, 0.25) is 0 Å². The second kappa shape index (κ2) is 9.52. The van der Waals surface area contributed by atoms with Gasteiger partial charge in [-0.3, -0.25) is 9.69 Å². The lowest BCUT2D eigenvalue weighted by molar-refractivity contribution is -0.123. The highest BCUT2D eigenvalue weighted by atomic mass is 19.2. The molecule has 3 aliphatic rings. The molecular formula is C23H33F2N3O. The predicted octanol–water partition coefficient (Wildman–Crippen LogP) is 3.56. The lowest BCUT2D eigenvalue weighted by Gasteiger charge is -2.34. The van der Waals surface area contributed by atoms with Crippen molar-refractivity contribution in [3.05, 3.63) is 35.4 Å². The van der Waals surface area contributed by atoms with Crippen molar-refractivity contribution >= 4 is 5.91 Å². The van der Waals surface area contributed by atoms with E-state index in [9.17, 15) is 13.6 Å². The zero-order valence-electron chi connectivity index (χ0n) is 17.2. The number of benzene rings is 1. The Balaban J connectivity index is 1.13. The van der Waals surface area contributed by atoms with Crippen LogP contribution in [0.4, 0.5) is 8.78 Å². The van der Waals surface area contributed by atoms with E-state index >= 15 is 0 Å². The van der Waals surface area contributed by atoms with Crippen molar-refractivity contribution in [2.45, 2.75) is 57.5 Å². The van der Waals surface area contributed by atoms with Gasteiger partial charge in [-0.05, 0) is 55.8 Å². The lowest BCUT2D eigenvalue weighted by Crippen LogP contribution is -2.46. The lowest BCUT2D eigenvalue weighted by atomic mass is 9.78. The van der Waals surface area contributed by atoms with Gasteiger partial charge in [-0.15, -0.1) is 0 Å². The first-order valence-corrected chi connectivity index (χ1v) is 11.3. The molecule has 1 N–H and O–H groups in total. The molecule has 0 aromatic heterocycles. The summed E-state index contributed by atoms with van der Waals surface area (Å²) in [4.78, 5) is 17.1. The number of nitrogens with zero attached hydrogens (tertiary/aromatic N) is 2. The minimum Gasteiger partial charge on any atom is -0.353 e. The Kier molecular flexibility index (Phi) is 6.81. The van der Waals surface area contributed by atoms with Crippen LogP contribution in [0, 0.1) is 23.5 Å². The van der Waals surface area contributed by atoms with Crippen LogP contribution in [0.3, 0.4) is 0 Å². The molecule has 0 spiro atoms. The quantitative estimate of drug-likeness (QED) is 0.705. The summed E-state index contributed by atoms with van der Waals surface area (Å²) in [7, 11) is 0. The normalized spacial score (nSPS) is 28.3. The monoisotopic (exact) mass is 405 g/mol. The van der Waals surface area contributed by atoms with E-state index < -0.39 is 11.6 Å². The van der Waals surface area contributed by atoms with Crippen molar-refractivity contribution in [3.63, 3.8) is 0 Å². The topological polar surface area (TPSA) is 35.6 Å². The Morgan fingerprint density at radius 2 is 1.72 bits per heavy atom. The van der Waals surface area contributed by atoms with Gasteiger partial charge in [0.25, 0.3) is 0 Å². The number of hydrogen-bond donors (Lipinski definition) is 1. The molecule has 0 radical (unpaired) electrons. The number of nitrogens with one attached hydrogen (secondary N) is 1. The Morgan fingerprint density at radius 3 is 2.52 bits per heavy atom. The average molecular weight is 406 g/mol. The summed E-state index contributed by atoms with van der Waals surface area (Å²) in [5.74, 6) is -0.429. The number of hydrogen-bond acceptors (Lipinski definition) is 3. The Labute approximate surface area is 172 Å². The fourth-order valence-corrected chi connectivity index (χ4v) is 5.42. The summed E-state index contributed by atoms with van der Waals surface area (Å²) in [6.07, 6.45) is 8.22. The SMILES string of the molecule is O=C1N[C@@H]2CCCC[C@H]2C1CCCCN1CCN(Cc2ccc(F)c(F)c2)CC1. The number of piperazine rings is 1. The highest BCUT2D eigenvalue weighted by Crippen LogP contribution is 2.37. The molecule has 6 heteroatoms. The fraction of sp³-hybridized carbons (Fsp3) is 0.696. The van der Waals surface area contributed by atoms with Crippen molar-refractivity contribution in [3.8, 4) is 0 Å². The van der Waals surface area contributed by atoms with E-state index in [2.05, 4.69) is 15.1 Å². The van der Waals surface area contributed by atoms with E-state index in [0.717, 1.165) is 57.5 Å². The van der Waals surface area contributed by atoms with Gasteiger partial charge in [-0.1, -0.05) is 25.3 Å². The molecule has 2 saturated heterocycles. The number of carbonyl (C=O) groups is 1. The summed E-state index contributed by atoms with van der Waals surface area (Å²) < 4.78 is 26.4. The summed E-state index contributed by atoms with van der Waals surface area (Å²) >= 11 is 0. The Bertz CT molecular complexity index is 705. The van der Waals surface area contributed by atoms with Crippen molar-refractivity contribution in [1.29, 1.82) is 0 Å². The van der Waals surface area contributed by atoms with Gasteiger partial charge in [0.2, 0.25) is 5.91 Å². The van der Waals surface area contributed by atoms with Crippen LogP contribution in [-0.4, -0.2) is 54.5 Å². The maximum Gasteiger partial charge on any atom is 0.223 e. The molecule has 1 amide bonds. The molecule has 160 valence electrons. The van der Waals surface area contributed by atoms with Crippen LogP contribution in [0.1, 0.15) is 50.5 Å². The van der Waals surface area contributed by atoms with E-state index in [-0.39, 0.29) is 5.92 Å². The molecule has 4 nitrogen and oxygen atoms in total. The number of unbranched alkanes of at least 4 members (excludes halogenated alkanes) is 1. The van der Waals surface area contributed by atoms with Crippen LogP contribution in [-0.2, 0) is 11.3 Å². The van der Waals surface area contributed by atoms with Crippen molar-refractivity contribution in [2.75, 3.05) is 32.7 Å². The summed E-state index contributed by atoms with van der Waals surface area (Å²) in [5, 5.41) is 3.23. The van der Waals surface area contributed by atoms with Gasteiger partial charge in [-0.2, -0.15) is 0 Å². The smallest absolute Gasteiger partial charge is 0.223 e. The number of amides is 1. The third kappa shape index (κ3) is 5.15. The molecule has 3 atom stereocenters. The second-order valence-electron chi connectivity index (χ2n) is 9.03. The van der Waals surface area contributed by atoms with Gasteiger partial charge in [0.1, 0.15) is 0 Å². The first kappa shape index (κ1) is 20.7. The number of rotatable bonds is 7. The van der Waals surface area contributed by atoms with Crippen LogP contribution in [0.5, 0.6) is 0 Å². The predicted molar refractivity (Wildman–Crippen MR) is 109 cm³/mol. The molecule has 1 aromatic carbocycles. The minimum absolute atomic E-state index is 0.244. The largest absolute Gasteiger partial charge is 0.353 e. The third-order valence-corrected chi connectivity index (χ3v) is 7.10. The van der Waals surface area contributed by atoms with E-state index in [0.29, 0.717) is 24.4 Å². The van der Waals surface area contributed by atoms with E-state index in [1.54, 1.807) is 6.07 Å². The van der Waals surface area contributed by atoms with Crippen LogP contribution in [0.25, 0.3) is 0 Å². The van der Waals surface area contributed by atoms with Gasteiger partial charge >= 0.3 is 0 Å². The molecule has 1 saturated carbocycles. The molecule has 3 fully saturated rings. The highest BCUT2D eigenvalue weighted by molar-refractivity contribution is 5.81. The first-order chi connectivity index (χ1) is 14.1. The number of fused-ring (bicyclic) bond motifs is 1. The number of halogens is 2. The maximum absolute atomic E-state index is 13.4. The number of carbonyl (C=O) groups excluding carboxylic acids is 1. The van der Waals surface area contributed by atoms with E-state index in [1.807, 2.05) is 0 Å². The van der Waals surface area contributed by atoms with Gasteiger partial charge < -0.3 is 10.2 Å². The van der Waals surface area contributed by atoms with Crippen LogP contribution in [0.15, 0.2) is 18.2 Å². The van der Waals surface area contributed by atoms with Gasteiger partial charge in [0.05, 0.1) is 0 Å². The molecule has 1 aromatic rings. The van der Waals surface area contributed by atoms with E-state index in [1.165, 1.54) is 37.8 Å². The van der Waals surface area contributed by atoms with Crippen molar-refractivity contribution < 1.29 is 13.6 Å². The van der Waals surface area contributed by atoms with Crippen molar-refractivity contribution in [1.82, 2.24) is 15.1 Å². The Morgan fingerprint density at radius 1 is 0.966 bits per heavy atom. The van der Waals surface area contributed by atoms with Crippen LogP contribution < -0.4 is 5.32 Å². The molecule has 29 heavy (non-hydrogen) atoms. The zero-order chi connectivity index (χ0) is 20.2. The molecular weight excluding hydrogens is 372 g/mol. The van der Waals surface area contributed by atoms with Gasteiger partial charge in [0, 0.05) is 44.7 Å². The summed E-state index contributed by atoms with van der Waals surface area (Å²) in [6.45, 7) is 5.68. The van der Waals surface area contributed by atoms with Crippen molar-refractivity contribution in [2.24, 2.45) is 11.8 Å². The highest BCUT2D eigenvalue weighted by Gasteiger charge is 2.42. The summed E-state index contributed by atoms with van der Waals surface area (Å²) in [5.41, 5.74) is 0.827. The molecule has 2 heterocycles. The summed E-state index contributed by atoms with van der Waals surface area (Å²) in [6, 6.07) is 4.63. The Hall–Kier alpha value is -1.53. The molecule has 4 rings (SSSR count). The maximum atomic E-state index is 13.4. The third-order valence-electron chi connectivity index (χ3n) is 7.10. The van der Waals surface area contributed by atoms with Gasteiger partial charge in [-0.25, -0.2) is 8.78 Å². The first-order valence-electron chi connectivity index (χ1n) is 11.3.